The van der Waals surface area contributed by atoms with Gasteiger partial charge in [0.1, 0.15) is 5.78 Å². The summed E-state index contributed by atoms with van der Waals surface area (Å²) in [6.07, 6.45) is -2.91. The van der Waals surface area contributed by atoms with Crippen LogP contribution in [0.3, 0.4) is 0 Å². The maximum atomic E-state index is 12.2. The number of hydrogen-bond donors (Lipinski definition) is 0. The van der Waals surface area contributed by atoms with Crippen molar-refractivity contribution in [3.05, 3.63) is 18.0 Å². The molecule has 92 valence electrons. The van der Waals surface area contributed by atoms with Gasteiger partial charge in [0, 0.05) is 25.5 Å². The lowest BCUT2D eigenvalue weighted by Crippen LogP contribution is -2.50. The summed E-state index contributed by atoms with van der Waals surface area (Å²) in [5, 5.41) is 0. The van der Waals surface area contributed by atoms with Gasteiger partial charge in [-0.3, -0.25) is 4.79 Å². The number of ketones is 1. The van der Waals surface area contributed by atoms with Gasteiger partial charge in [-0.1, -0.05) is 0 Å². The first kappa shape index (κ1) is 11.8. The Kier molecular flexibility index (Phi) is 2.76. The van der Waals surface area contributed by atoms with Gasteiger partial charge in [-0.15, -0.1) is 0 Å². The lowest BCUT2D eigenvalue weighted by molar-refractivity contribution is -0.138. The molecule has 0 radical (unpaired) electrons. The first-order valence-corrected chi connectivity index (χ1v) is 5.02. The number of carbonyl (C=O) groups is 1. The summed E-state index contributed by atoms with van der Waals surface area (Å²) >= 11 is 0. The van der Waals surface area contributed by atoms with Gasteiger partial charge in [0.05, 0.1) is 11.5 Å². The Labute approximate surface area is 95.5 Å². The molecular weight excluding hydrogens is 235 g/mol. The van der Waals surface area contributed by atoms with Gasteiger partial charge in [0.15, 0.2) is 0 Å². The molecule has 4 nitrogen and oxygen atoms in total. The molecule has 0 bridgehead atoms. The molecule has 1 aromatic rings. The van der Waals surface area contributed by atoms with Crippen LogP contribution in [-0.2, 0) is 11.0 Å². The molecule has 0 spiro atoms. The van der Waals surface area contributed by atoms with Crippen LogP contribution >= 0.6 is 0 Å². The minimum Gasteiger partial charge on any atom is -0.339 e. The zero-order chi connectivity index (χ0) is 12.6. The van der Waals surface area contributed by atoms with Crippen LogP contribution in [0.5, 0.6) is 0 Å². The Hall–Kier alpha value is -1.66. The zero-order valence-corrected chi connectivity index (χ0v) is 9.03. The number of Topliss-reactive ketones (excluding diaryl/α,β-unsaturated/α-hetero) is 1. The van der Waals surface area contributed by atoms with Crippen LogP contribution in [0.1, 0.15) is 12.5 Å². The molecule has 17 heavy (non-hydrogen) atoms. The van der Waals surface area contributed by atoms with E-state index in [0.717, 1.165) is 12.4 Å². The zero-order valence-electron chi connectivity index (χ0n) is 9.03. The smallest absolute Gasteiger partial charge is 0.339 e. The Bertz CT molecular complexity index is 423. The van der Waals surface area contributed by atoms with Crippen LogP contribution in [0.25, 0.3) is 0 Å². The molecule has 0 unspecified atom stereocenters. The van der Waals surface area contributed by atoms with Gasteiger partial charge < -0.3 is 4.90 Å². The van der Waals surface area contributed by atoms with Crippen LogP contribution in [0.15, 0.2) is 12.4 Å². The van der Waals surface area contributed by atoms with Gasteiger partial charge in [0.2, 0.25) is 5.95 Å². The lowest BCUT2D eigenvalue weighted by Gasteiger charge is -2.37. The van der Waals surface area contributed by atoms with E-state index in [1.54, 1.807) is 4.90 Å². The highest BCUT2D eigenvalue weighted by Crippen LogP contribution is 2.29. The van der Waals surface area contributed by atoms with Gasteiger partial charge in [-0.2, -0.15) is 13.2 Å². The molecule has 1 fully saturated rings. The second-order valence-electron chi connectivity index (χ2n) is 3.98. The van der Waals surface area contributed by atoms with Crippen molar-refractivity contribution < 1.29 is 18.0 Å². The van der Waals surface area contributed by atoms with E-state index in [1.165, 1.54) is 6.92 Å². The average molecular weight is 245 g/mol. The molecule has 0 atom stereocenters. The van der Waals surface area contributed by atoms with Crippen molar-refractivity contribution in [1.29, 1.82) is 0 Å². The molecule has 0 N–H and O–H groups in total. The molecular formula is C10H10F3N3O. The van der Waals surface area contributed by atoms with Gasteiger partial charge >= 0.3 is 6.18 Å². The van der Waals surface area contributed by atoms with E-state index < -0.39 is 11.7 Å². The maximum absolute atomic E-state index is 12.2. The Morgan fingerprint density at radius 2 is 1.88 bits per heavy atom. The summed E-state index contributed by atoms with van der Waals surface area (Å²) in [6, 6.07) is 0. The summed E-state index contributed by atoms with van der Waals surface area (Å²) in [5.41, 5.74) is -0.870. The summed E-state index contributed by atoms with van der Waals surface area (Å²) < 4.78 is 36.7. The quantitative estimate of drug-likeness (QED) is 0.792. The number of nitrogens with zero attached hydrogens (tertiary/aromatic N) is 3. The average Bonchev–Trinajstić information content (AvgIpc) is 2.14. The van der Waals surface area contributed by atoms with Crippen molar-refractivity contribution in [1.82, 2.24) is 9.97 Å². The Balaban J connectivity index is 2.03. The number of aromatic nitrogens is 2. The van der Waals surface area contributed by atoms with E-state index in [0.29, 0.717) is 13.1 Å². The molecule has 0 amide bonds. The van der Waals surface area contributed by atoms with E-state index in [4.69, 9.17) is 0 Å². The fraction of sp³-hybridized carbons (Fsp3) is 0.500. The van der Waals surface area contributed by atoms with E-state index >= 15 is 0 Å². The third-order valence-electron chi connectivity index (χ3n) is 2.70. The molecule has 1 aliphatic rings. The van der Waals surface area contributed by atoms with Crippen molar-refractivity contribution in [2.45, 2.75) is 13.1 Å². The predicted molar refractivity (Wildman–Crippen MR) is 53.4 cm³/mol. The van der Waals surface area contributed by atoms with Crippen LogP contribution in [0.4, 0.5) is 19.1 Å². The fourth-order valence-electron chi connectivity index (χ4n) is 1.53. The van der Waals surface area contributed by atoms with E-state index in [9.17, 15) is 18.0 Å². The summed E-state index contributed by atoms with van der Waals surface area (Å²) in [6.45, 7) is 2.44. The van der Waals surface area contributed by atoms with Gasteiger partial charge in [-0.25, -0.2) is 9.97 Å². The lowest BCUT2D eigenvalue weighted by atomic mass is 9.97. The summed E-state index contributed by atoms with van der Waals surface area (Å²) in [5.74, 6) is 0.254. The molecule has 0 saturated carbocycles. The topological polar surface area (TPSA) is 46.1 Å². The second kappa shape index (κ2) is 3.97. The SMILES string of the molecule is CC(=O)C1CN(c2ncc(C(F)(F)F)cn2)C1. The summed E-state index contributed by atoms with van der Waals surface area (Å²) in [7, 11) is 0. The van der Waals surface area contributed by atoms with Gasteiger partial charge in [-0.05, 0) is 6.92 Å². The molecule has 2 heterocycles. The maximum Gasteiger partial charge on any atom is 0.419 e. The minimum atomic E-state index is -4.42. The normalized spacial score (nSPS) is 16.8. The monoisotopic (exact) mass is 245 g/mol. The second-order valence-corrected chi connectivity index (χ2v) is 3.98. The minimum absolute atomic E-state index is 0.0547. The number of carbonyl (C=O) groups excluding carboxylic acids is 1. The summed E-state index contributed by atoms with van der Waals surface area (Å²) in [4.78, 5) is 19.9. The van der Waals surface area contributed by atoms with Crippen molar-refractivity contribution in [3.63, 3.8) is 0 Å². The standard InChI is InChI=1S/C10H10F3N3O/c1-6(17)7-4-16(5-7)9-14-2-8(3-15-9)10(11,12)13/h2-3,7H,4-5H2,1H3. The molecule has 0 aliphatic carbocycles. The molecule has 1 aliphatic heterocycles. The van der Waals surface area contributed by atoms with Crippen molar-refractivity contribution in [2.75, 3.05) is 18.0 Å². The molecule has 2 rings (SSSR count). The van der Waals surface area contributed by atoms with E-state index in [2.05, 4.69) is 9.97 Å². The number of anilines is 1. The molecule has 7 heteroatoms. The third-order valence-corrected chi connectivity index (χ3v) is 2.70. The highest BCUT2D eigenvalue weighted by molar-refractivity contribution is 5.81. The highest BCUT2D eigenvalue weighted by atomic mass is 19.4. The largest absolute Gasteiger partial charge is 0.419 e. The fourth-order valence-corrected chi connectivity index (χ4v) is 1.53. The number of halogens is 3. The van der Waals surface area contributed by atoms with Crippen LogP contribution in [-0.4, -0.2) is 28.8 Å². The Morgan fingerprint density at radius 1 is 1.35 bits per heavy atom. The van der Waals surface area contributed by atoms with Gasteiger partial charge in [0.25, 0.3) is 0 Å². The van der Waals surface area contributed by atoms with Crippen LogP contribution in [0.2, 0.25) is 0 Å². The van der Waals surface area contributed by atoms with Crippen molar-refractivity contribution >= 4 is 11.7 Å². The number of alkyl halides is 3. The van der Waals surface area contributed by atoms with Crippen molar-refractivity contribution in [2.24, 2.45) is 5.92 Å². The number of hydrogen-bond acceptors (Lipinski definition) is 4. The van der Waals surface area contributed by atoms with Crippen molar-refractivity contribution in [3.8, 4) is 0 Å². The molecule has 1 saturated heterocycles. The van der Waals surface area contributed by atoms with E-state index in [1.807, 2.05) is 0 Å². The van der Waals surface area contributed by atoms with Crippen LogP contribution in [0, 0.1) is 5.92 Å². The van der Waals surface area contributed by atoms with Crippen LogP contribution < -0.4 is 4.90 Å². The first-order valence-electron chi connectivity index (χ1n) is 5.02. The predicted octanol–water partition coefficient (Wildman–Crippen LogP) is 1.52. The van der Waals surface area contributed by atoms with E-state index in [-0.39, 0.29) is 17.6 Å². The third kappa shape index (κ3) is 2.37. The molecule has 1 aromatic heterocycles. The molecule has 0 aromatic carbocycles. The number of rotatable bonds is 2. The highest BCUT2D eigenvalue weighted by Gasteiger charge is 2.34. The first-order chi connectivity index (χ1) is 7.88. The Morgan fingerprint density at radius 3 is 2.29 bits per heavy atom.